The molecule has 0 aliphatic rings. The molecule has 1 aromatic carbocycles. The van der Waals surface area contributed by atoms with Gasteiger partial charge in [-0.15, -0.1) is 0 Å². The first-order chi connectivity index (χ1) is 7.84. The maximum atomic E-state index is 11.4. The Balaban J connectivity index is 1.81. The lowest BCUT2D eigenvalue weighted by molar-refractivity contribution is 0.154. The van der Waals surface area contributed by atoms with Crippen molar-refractivity contribution in [1.82, 2.24) is 4.98 Å². The second-order valence-electron chi connectivity index (χ2n) is 3.26. The molecule has 0 aliphatic carbocycles. The van der Waals surface area contributed by atoms with E-state index in [1.165, 1.54) is 0 Å². The van der Waals surface area contributed by atoms with Crippen molar-refractivity contribution >= 4 is 11.8 Å². The van der Waals surface area contributed by atoms with Gasteiger partial charge in [0, 0.05) is 11.9 Å². The number of nitrogens with one attached hydrogen (secondary N) is 2. The van der Waals surface area contributed by atoms with Crippen molar-refractivity contribution in [2.24, 2.45) is 0 Å². The Morgan fingerprint density at radius 2 is 2.00 bits per heavy atom. The van der Waals surface area contributed by atoms with Gasteiger partial charge in [0.25, 0.3) is 0 Å². The standard InChI is InChI=1S/C12H12N2O2/c15-12(14-10-5-2-1-3-6-10)16-9-11-7-4-8-13-11/h1-8,13H,9H2,(H,14,15). The molecule has 0 radical (unpaired) electrons. The molecule has 1 heterocycles. The van der Waals surface area contributed by atoms with E-state index in [2.05, 4.69) is 10.3 Å². The number of para-hydroxylation sites is 1. The molecule has 0 saturated heterocycles. The van der Waals surface area contributed by atoms with Crippen molar-refractivity contribution < 1.29 is 9.53 Å². The Hall–Kier alpha value is -2.23. The molecule has 82 valence electrons. The van der Waals surface area contributed by atoms with Crippen LogP contribution in [0.4, 0.5) is 10.5 Å². The molecule has 0 fully saturated rings. The van der Waals surface area contributed by atoms with Gasteiger partial charge in [-0.05, 0) is 24.3 Å². The van der Waals surface area contributed by atoms with Gasteiger partial charge in [0.15, 0.2) is 0 Å². The van der Waals surface area contributed by atoms with Crippen LogP contribution in [-0.2, 0) is 11.3 Å². The van der Waals surface area contributed by atoms with E-state index in [0.717, 1.165) is 11.4 Å². The smallest absolute Gasteiger partial charge is 0.412 e. The van der Waals surface area contributed by atoms with Crippen molar-refractivity contribution in [3.63, 3.8) is 0 Å². The average Bonchev–Trinajstić information content (AvgIpc) is 2.81. The van der Waals surface area contributed by atoms with E-state index in [4.69, 9.17) is 4.74 Å². The van der Waals surface area contributed by atoms with E-state index < -0.39 is 6.09 Å². The fourth-order valence-corrected chi connectivity index (χ4v) is 1.28. The minimum Gasteiger partial charge on any atom is -0.443 e. The molecule has 1 aromatic heterocycles. The quantitative estimate of drug-likeness (QED) is 0.828. The van der Waals surface area contributed by atoms with Crippen LogP contribution in [0.1, 0.15) is 5.69 Å². The average molecular weight is 216 g/mol. The largest absolute Gasteiger partial charge is 0.443 e. The molecular weight excluding hydrogens is 204 g/mol. The third kappa shape index (κ3) is 2.88. The molecule has 16 heavy (non-hydrogen) atoms. The van der Waals surface area contributed by atoms with Gasteiger partial charge in [-0.25, -0.2) is 4.79 Å². The maximum Gasteiger partial charge on any atom is 0.412 e. The Morgan fingerprint density at radius 3 is 2.69 bits per heavy atom. The number of aromatic amines is 1. The Labute approximate surface area is 93.3 Å². The first-order valence-electron chi connectivity index (χ1n) is 4.96. The number of rotatable bonds is 3. The van der Waals surface area contributed by atoms with Gasteiger partial charge < -0.3 is 9.72 Å². The van der Waals surface area contributed by atoms with Crippen LogP contribution in [0.5, 0.6) is 0 Å². The third-order valence-corrected chi connectivity index (χ3v) is 2.04. The summed E-state index contributed by atoms with van der Waals surface area (Å²) in [6, 6.07) is 12.9. The summed E-state index contributed by atoms with van der Waals surface area (Å²) in [5.41, 5.74) is 1.59. The molecule has 4 heteroatoms. The van der Waals surface area contributed by atoms with Crippen molar-refractivity contribution in [1.29, 1.82) is 0 Å². The minimum atomic E-state index is -0.458. The van der Waals surface area contributed by atoms with Gasteiger partial charge in [-0.1, -0.05) is 18.2 Å². The highest BCUT2D eigenvalue weighted by Gasteiger charge is 2.02. The zero-order valence-corrected chi connectivity index (χ0v) is 8.64. The van der Waals surface area contributed by atoms with Crippen LogP contribution in [0.25, 0.3) is 0 Å². The second-order valence-corrected chi connectivity index (χ2v) is 3.26. The number of ether oxygens (including phenoxy) is 1. The highest BCUT2D eigenvalue weighted by atomic mass is 16.5. The summed E-state index contributed by atoms with van der Waals surface area (Å²) in [4.78, 5) is 14.3. The van der Waals surface area contributed by atoms with E-state index in [9.17, 15) is 4.79 Å². The van der Waals surface area contributed by atoms with Crippen LogP contribution in [0.2, 0.25) is 0 Å². The van der Waals surface area contributed by atoms with E-state index >= 15 is 0 Å². The van der Waals surface area contributed by atoms with Gasteiger partial charge in [-0.3, -0.25) is 5.32 Å². The Bertz CT molecular complexity index is 437. The predicted molar refractivity (Wildman–Crippen MR) is 61.0 cm³/mol. The molecule has 0 spiro atoms. The van der Waals surface area contributed by atoms with Gasteiger partial charge in [0.05, 0.1) is 5.69 Å². The number of H-pyrrole nitrogens is 1. The van der Waals surface area contributed by atoms with Crippen molar-refractivity contribution in [3.05, 3.63) is 54.4 Å². The number of carbonyl (C=O) groups is 1. The summed E-state index contributed by atoms with van der Waals surface area (Å²) in [5, 5.41) is 2.63. The molecule has 2 rings (SSSR count). The fraction of sp³-hybridized carbons (Fsp3) is 0.0833. The molecule has 2 N–H and O–H groups in total. The van der Waals surface area contributed by atoms with Crippen LogP contribution in [0.3, 0.4) is 0 Å². The molecule has 0 bridgehead atoms. The summed E-state index contributed by atoms with van der Waals surface area (Å²) in [6.45, 7) is 0.242. The van der Waals surface area contributed by atoms with Gasteiger partial charge in [0.2, 0.25) is 0 Å². The Kier molecular flexibility index (Phi) is 3.23. The summed E-state index contributed by atoms with van der Waals surface area (Å²) in [5.74, 6) is 0. The normalized spacial score (nSPS) is 9.75. The number of carbonyl (C=O) groups excluding carboxylic acids is 1. The van der Waals surface area contributed by atoms with Crippen molar-refractivity contribution in [2.75, 3.05) is 5.32 Å². The van der Waals surface area contributed by atoms with E-state index in [1.54, 1.807) is 18.3 Å². The summed E-state index contributed by atoms with van der Waals surface area (Å²) < 4.78 is 5.01. The molecule has 0 unspecified atom stereocenters. The van der Waals surface area contributed by atoms with Crippen LogP contribution in [0, 0.1) is 0 Å². The van der Waals surface area contributed by atoms with Crippen LogP contribution < -0.4 is 5.32 Å². The predicted octanol–water partition coefficient (Wildman–Crippen LogP) is 2.76. The summed E-state index contributed by atoms with van der Waals surface area (Å²) in [6.07, 6.45) is 1.33. The van der Waals surface area contributed by atoms with Gasteiger partial charge in [0.1, 0.15) is 6.61 Å². The summed E-state index contributed by atoms with van der Waals surface area (Å²) >= 11 is 0. The van der Waals surface area contributed by atoms with Crippen molar-refractivity contribution in [2.45, 2.75) is 6.61 Å². The number of aromatic nitrogens is 1. The molecule has 0 aliphatic heterocycles. The molecule has 1 amide bonds. The van der Waals surface area contributed by atoms with E-state index in [1.807, 2.05) is 30.3 Å². The van der Waals surface area contributed by atoms with Crippen LogP contribution >= 0.6 is 0 Å². The lowest BCUT2D eigenvalue weighted by atomic mass is 10.3. The zero-order valence-electron chi connectivity index (χ0n) is 8.64. The maximum absolute atomic E-state index is 11.4. The molecular formula is C12H12N2O2. The first-order valence-corrected chi connectivity index (χ1v) is 4.96. The minimum absolute atomic E-state index is 0.242. The van der Waals surface area contributed by atoms with Crippen LogP contribution in [-0.4, -0.2) is 11.1 Å². The SMILES string of the molecule is O=C(Nc1ccccc1)OCc1ccc[nH]1. The van der Waals surface area contributed by atoms with E-state index in [0.29, 0.717) is 0 Å². The van der Waals surface area contributed by atoms with Gasteiger partial charge in [-0.2, -0.15) is 0 Å². The summed E-state index contributed by atoms with van der Waals surface area (Å²) in [7, 11) is 0. The lowest BCUT2D eigenvalue weighted by Gasteiger charge is -2.05. The third-order valence-electron chi connectivity index (χ3n) is 2.04. The highest BCUT2D eigenvalue weighted by molar-refractivity contribution is 5.84. The number of anilines is 1. The number of hydrogen-bond acceptors (Lipinski definition) is 2. The highest BCUT2D eigenvalue weighted by Crippen LogP contribution is 2.06. The zero-order chi connectivity index (χ0) is 11.2. The molecule has 0 saturated carbocycles. The molecule has 0 atom stereocenters. The number of hydrogen-bond donors (Lipinski definition) is 2. The first kappa shape index (κ1) is 10.3. The second kappa shape index (κ2) is 5.02. The number of benzene rings is 1. The van der Waals surface area contributed by atoms with Crippen molar-refractivity contribution in [3.8, 4) is 0 Å². The fourth-order valence-electron chi connectivity index (χ4n) is 1.28. The lowest BCUT2D eigenvalue weighted by Crippen LogP contribution is -2.13. The molecule has 2 aromatic rings. The topological polar surface area (TPSA) is 54.1 Å². The number of amides is 1. The van der Waals surface area contributed by atoms with Crippen LogP contribution in [0.15, 0.2) is 48.7 Å². The van der Waals surface area contributed by atoms with E-state index in [-0.39, 0.29) is 6.61 Å². The molecule has 4 nitrogen and oxygen atoms in total. The Morgan fingerprint density at radius 1 is 1.19 bits per heavy atom. The monoisotopic (exact) mass is 216 g/mol. The van der Waals surface area contributed by atoms with Gasteiger partial charge >= 0.3 is 6.09 Å².